The lowest BCUT2D eigenvalue weighted by Crippen LogP contribution is -2.39. The van der Waals surface area contributed by atoms with Crippen molar-refractivity contribution >= 4 is 5.91 Å². The maximum Gasteiger partial charge on any atom is 0.274 e. The third kappa shape index (κ3) is 4.15. The second kappa shape index (κ2) is 7.36. The van der Waals surface area contributed by atoms with Crippen LogP contribution in [-0.4, -0.2) is 33.9 Å². The fourth-order valence-electron chi connectivity index (χ4n) is 3.12. The fraction of sp³-hybridized carbons (Fsp3) is 0.421. The predicted molar refractivity (Wildman–Crippen MR) is 90.2 cm³/mol. The summed E-state index contributed by atoms with van der Waals surface area (Å²) in [6, 6.07) is 8.80. The highest BCUT2D eigenvalue weighted by Gasteiger charge is 2.24. The topological polar surface area (TPSA) is 46.1 Å². The van der Waals surface area contributed by atoms with Crippen molar-refractivity contribution in [2.75, 3.05) is 13.1 Å². The molecule has 3 rings (SSSR count). The molecule has 2 heterocycles. The molecule has 1 aliphatic heterocycles. The number of nitrogens with zero attached hydrogens (tertiary/aromatic N) is 3. The van der Waals surface area contributed by atoms with Crippen LogP contribution in [0.25, 0.3) is 0 Å². The molecule has 0 unspecified atom stereocenters. The molecule has 0 N–H and O–H groups in total. The largest absolute Gasteiger partial charge is 0.337 e. The summed E-state index contributed by atoms with van der Waals surface area (Å²) in [5.74, 6) is 0.720. The number of carbonyl (C=O) groups is 1. The smallest absolute Gasteiger partial charge is 0.274 e. The van der Waals surface area contributed by atoms with Gasteiger partial charge in [0, 0.05) is 25.5 Å². The number of hydrogen-bond acceptors (Lipinski definition) is 3. The lowest BCUT2D eigenvalue weighted by atomic mass is 9.90. The van der Waals surface area contributed by atoms with Gasteiger partial charge < -0.3 is 4.90 Å². The summed E-state index contributed by atoms with van der Waals surface area (Å²) in [6.45, 7) is 3.77. The highest BCUT2D eigenvalue weighted by atomic mass is 16.2. The summed E-state index contributed by atoms with van der Waals surface area (Å²) in [7, 11) is 0. The molecule has 1 aliphatic rings. The summed E-state index contributed by atoms with van der Waals surface area (Å²) in [5, 5.41) is 0. The number of benzene rings is 1. The Labute approximate surface area is 137 Å². The van der Waals surface area contributed by atoms with E-state index in [-0.39, 0.29) is 5.91 Å². The van der Waals surface area contributed by atoms with Crippen LogP contribution in [0.3, 0.4) is 0 Å². The quantitative estimate of drug-likeness (QED) is 0.871. The highest BCUT2D eigenvalue weighted by Crippen LogP contribution is 2.23. The van der Waals surface area contributed by atoms with E-state index in [1.165, 1.54) is 17.5 Å². The molecule has 1 saturated heterocycles. The van der Waals surface area contributed by atoms with E-state index < -0.39 is 0 Å². The first-order valence-electron chi connectivity index (χ1n) is 8.33. The van der Waals surface area contributed by atoms with Crippen molar-refractivity contribution in [3.63, 3.8) is 0 Å². The van der Waals surface area contributed by atoms with Gasteiger partial charge in [-0.15, -0.1) is 0 Å². The number of rotatable bonds is 4. The van der Waals surface area contributed by atoms with Gasteiger partial charge in [-0.25, -0.2) is 4.98 Å². The second-order valence-electron chi connectivity index (χ2n) is 6.35. The fourth-order valence-corrected chi connectivity index (χ4v) is 3.12. The van der Waals surface area contributed by atoms with Gasteiger partial charge in [0.2, 0.25) is 0 Å². The third-order valence-electron chi connectivity index (χ3n) is 4.65. The summed E-state index contributed by atoms with van der Waals surface area (Å²) in [5.41, 5.74) is 3.17. The second-order valence-corrected chi connectivity index (χ2v) is 6.35. The van der Waals surface area contributed by atoms with Crippen molar-refractivity contribution < 1.29 is 4.79 Å². The SMILES string of the molecule is Cc1ccc(CCC2CCN(C(=O)c3cnccn3)CC2)cc1. The van der Waals surface area contributed by atoms with E-state index in [9.17, 15) is 4.79 Å². The van der Waals surface area contributed by atoms with Crippen LogP contribution in [0.1, 0.15) is 40.9 Å². The Bertz CT molecular complexity index is 631. The zero-order valence-corrected chi connectivity index (χ0v) is 13.6. The molecule has 0 radical (unpaired) electrons. The van der Waals surface area contributed by atoms with Crippen molar-refractivity contribution in [3.8, 4) is 0 Å². The van der Waals surface area contributed by atoms with Crippen LogP contribution in [0, 0.1) is 12.8 Å². The van der Waals surface area contributed by atoms with Crippen LogP contribution in [-0.2, 0) is 6.42 Å². The van der Waals surface area contributed by atoms with Gasteiger partial charge in [0.25, 0.3) is 5.91 Å². The minimum absolute atomic E-state index is 0.00934. The standard InChI is InChI=1S/C19H23N3O/c1-15-2-4-16(5-3-15)6-7-17-8-12-22(13-9-17)19(23)18-14-20-10-11-21-18/h2-5,10-11,14,17H,6-9,12-13H2,1H3. The average Bonchev–Trinajstić information content (AvgIpc) is 2.62. The number of carbonyl (C=O) groups excluding carboxylic acids is 1. The monoisotopic (exact) mass is 309 g/mol. The number of piperidine rings is 1. The summed E-state index contributed by atoms with van der Waals surface area (Å²) < 4.78 is 0. The molecule has 1 amide bonds. The normalized spacial score (nSPS) is 15.6. The Morgan fingerprint density at radius 1 is 1.17 bits per heavy atom. The number of aryl methyl sites for hydroxylation is 2. The van der Waals surface area contributed by atoms with Gasteiger partial charge >= 0.3 is 0 Å². The molecular weight excluding hydrogens is 286 g/mol. The Morgan fingerprint density at radius 3 is 2.57 bits per heavy atom. The Morgan fingerprint density at radius 2 is 1.91 bits per heavy atom. The van der Waals surface area contributed by atoms with E-state index in [0.29, 0.717) is 11.6 Å². The van der Waals surface area contributed by atoms with Crippen LogP contribution in [0.5, 0.6) is 0 Å². The molecule has 1 fully saturated rings. The minimum atomic E-state index is 0.00934. The Kier molecular flexibility index (Phi) is 5.01. The molecule has 0 aliphatic carbocycles. The van der Waals surface area contributed by atoms with Crippen LogP contribution < -0.4 is 0 Å². The molecule has 1 aromatic carbocycles. The van der Waals surface area contributed by atoms with E-state index in [1.807, 2.05) is 4.90 Å². The van der Waals surface area contributed by atoms with E-state index in [1.54, 1.807) is 18.6 Å². The zero-order valence-electron chi connectivity index (χ0n) is 13.6. The number of aromatic nitrogens is 2. The van der Waals surface area contributed by atoms with Gasteiger partial charge in [-0.05, 0) is 44.1 Å². The Hall–Kier alpha value is -2.23. The van der Waals surface area contributed by atoms with Gasteiger partial charge in [0.15, 0.2) is 0 Å². The van der Waals surface area contributed by atoms with Gasteiger partial charge in [-0.1, -0.05) is 29.8 Å². The summed E-state index contributed by atoms with van der Waals surface area (Å²) >= 11 is 0. The van der Waals surface area contributed by atoms with Crippen LogP contribution >= 0.6 is 0 Å². The van der Waals surface area contributed by atoms with E-state index in [2.05, 4.69) is 41.2 Å². The van der Waals surface area contributed by atoms with E-state index >= 15 is 0 Å². The van der Waals surface area contributed by atoms with E-state index in [0.717, 1.165) is 32.4 Å². The lowest BCUT2D eigenvalue weighted by Gasteiger charge is -2.31. The van der Waals surface area contributed by atoms with Gasteiger partial charge in [0.05, 0.1) is 6.20 Å². The maximum atomic E-state index is 12.3. The number of likely N-dealkylation sites (tertiary alicyclic amines) is 1. The van der Waals surface area contributed by atoms with Crippen LogP contribution in [0.2, 0.25) is 0 Å². The molecule has 23 heavy (non-hydrogen) atoms. The van der Waals surface area contributed by atoms with E-state index in [4.69, 9.17) is 0 Å². The number of hydrogen-bond donors (Lipinski definition) is 0. The maximum absolute atomic E-state index is 12.3. The predicted octanol–water partition coefficient (Wildman–Crippen LogP) is 3.27. The van der Waals surface area contributed by atoms with Crippen molar-refractivity contribution in [1.82, 2.24) is 14.9 Å². The zero-order chi connectivity index (χ0) is 16.1. The molecular formula is C19H23N3O. The van der Waals surface area contributed by atoms with Crippen molar-refractivity contribution in [3.05, 3.63) is 59.7 Å². The first-order valence-corrected chi connectivity index (χ1v) is 8.33. The molecule has 2 aromatic rings. The van der Waals surface area contributed by atoms with Crippen molar-refractivity contribution in [2.45, 2.75) is 32.6 Å². The number of amides is 1. The highest BCUT2D eigenvalue weighted by molar-refractivity contribution is 5.91. The summed E-state index contributed by atoms with van der Waals surface area (Å²) in [6.07, 6.45) is 9.20. The van der Waals surface area contributed by atoms with Gasteiger partial charge in [-0.2, -0.15) is 0 Å². The molecule has 0 bridgehead atoms. The minimum Gasteiger partial charge on any atom is -0.337 e. The molecule has 0 saturated carbocycles. The molecule has 120 valence electrons. The third-order valence-corrected chi connectivity index (χ3v) is 4.65. The van der Waals surface area contributed by atoms with Crippen LogP contribution in [0.4, 0.5) is 0 Å². The van der Waals surface area contributed by atoms with Crippen molar-refractivity contribution in [1.29, 1.82) is 0 Å². The summed E-state index contributed by atoms with van der Waals surface area (Å²) in [4.78, 5) is 22.3. The van der Waals surface area contributed by atoms with Gasteiger partial charge in [-0.3, -0.25) is 9.78 Å². The first kappa shape index (κ1) is 15.7. The van der Waals surface area contributed by atoms with Crippen molar-refractivity contribution in [2.24, 2.45) is 5.92 Å². The molecule has 0 spiro atoms. The lowest BCUT2D eigenvalue weighted by molar-refractivity contribution is 0.0680. The first-order chi connectivity index (χ1) is 11.2. The molecule has 1 aromatic heterocycles. The Balaban J connectivity index is 1.47. The molecule has 4 nitrogen and oxygen atoms in total. The average molecular weight is 309 g/mol. The molecule has 4 heteroatoms. The molecule has 0 atom stereocenters. The van der Waals surface area contributed by atoms with Gasteiger partial charge in [0.1, 0.15) is 5.69 Å². The van der Waals surface area contributed by atoms with Crippen LogP contribution in [0.15, 0.2) is 42.9 Å².